The molecule has 2 aromatic rings. The van der Waals surface area contributed by atoms with Crippen LogP contribution in [-0.2, 0) is 6.54 Å². The maximum Gasteiger partial charge on any atom is 0.0991 e. The van der Waals surface area contributed by atoms with E-state index in [0.717, 1.165) is 12.5 Å². The van der Waals surface area contributed by atoms with Gasteiger partial charge in [-0.2, -0.15) is 5.26 Å². The normalized spacial score (nSPS) is 15.4. The lowest BCUT2D eigenvalue weighted by Crippen LogP contribution is -2.18. The van der Waals surface area contributed by atoms with E-state index in [0.29, 0.717) is 5.56 Å². The van der Waals surface area contributed by atoms with Gasteiger partial charge in [0.05, 0.1) is 11.6 Å². The van der Waals surface area contributed by atoms with Gasteiger partial charge in [-0.1, -0.05) is 36.4 Å². The molecule has 106 valence electrons. The van der Waals surface area contributed by atoms with Gasteiger partial charge in [-0.3, -0.25) is 0 Å². The fourth-order valence-corrected chi connectivity index (χ4v) is 2.56. The molecular formula is C19H20N2. The van der Waals surface area contributed by atoms with E-state index in [-0.39, 0.29) is 6.04 Å². The highest BCUT2D eigenvalue weighted by Crippen LogP contribution is 2.39. The maximum atomic E-state index is 8.82. The third-order valence-electron chi connectivity index (χ3n) is 4.18. The molecular weight excluding hydrogens is 256 g/mol. The number of nitrogens with one attached hydrogen (secondary N) is 1. The zero-order valence-corrected chi connectivity index (χ0v) is 12.3. The number of hydrogen-bond acceptors (Lipinski definition) is 2. The molecule has 1 fully saturated rings. The van der Waals surface area contributed by atoms with E-state index < -0.39 is 0 Å². The molecule has 1 atom stereocenters. The average Bonchev–Trinajstić information content (AvgIpc) is 3.38. The molecule has 21 heavy (non-hydrogen) atoms. The molecule has 0 amide bonds. The number of nitrogens with zero attached hydrogens (tertiary/aromatic N) is 1. The summed E-state index contributed by atoms with van der Waals surface area (Å²) in [7, 11) is 0. The van der Waals surface area contributed by atoms with Crippen molar-refractivity contribution in [3.8, 4) is 6.07 Å². The highest BCUT2D eigenvalue weighted by molar-refractivity contribution is 5.33. The predicted molar refractivity (Wildman–Crippen MR) is 84.8 cm³/mol. The van der Waals surface area contributed by atoms with E-state index in [4.69, 9.17) is 5.26 Å². The number of hydrogen-bond donors (Lipinski definition) is 1. The van der Waals surface area contributed by atoms with Gasteiger partial charge in [-0.05, 0) is 54.5 Å². The van der Waals surface area contributed by atoms with E-state index in [1.165, 1.54) is 29.5 Å². The van der Waals surface area contributed by atoms with Crippen LogP contribution < -0.4 is 5.32 Å². The topological polar surface area (TPSA) is 35.8 Å². The standard InChI is InChI=1S/C19H20N2/c1-14(17-6-2-15(12-20)3-7-17)21-13-16-4-8-18(9-5-16)19-10-11-19/h2-9,14,19,21H,10-11,13H2,1H3. The highest BCUT2D eigenvalue weighted by atomic mass is 14.9. The third-order valence-corrected chi connectivity index (χ3v) is 4.18. The molecule has 2 aromatic carbocycles. The molecule has 1 aliphatic rings. The van der Waals surface area contributed by atoms with Crippen LogP contribution in [0.2, 0.25) is 0 Å². The SMILES string of the molecule is CC(NCc1ccc(C2CC2)cc1)c1ccc(C#N)cc1. The van der Waals surface area contributed by atoms with Gasteiger partial charge in [-0.15, -0.1) is 0 Å². The summed E-state index contributed by atoms with van der Waals surface area (Å²) in [5.41, 5.74) is 4.73. The third kappa shape index (κ3) is 3.51. The number of benzene rings is 2. The Balaban J connectivity index is 1.56. The van der Waals surface area contributed by atoms with Gasteiger partial charge < -0.3 is 5.32 Å². The summed E-state index contributed by atoms with van der Waals surface area (Å²) in [6.45, 7) is 3.02. The molecule has 1 aliphatic carbocycles. The van der Waals surface area contributed by atoms with Crippen molar-refractivity contribution in [2.45, 2.75) is 38.3 Å². The molecule has 0 heterocycles. The second-order valence-electron chi connectivity index (χ2n) is 5.85. The molecule has 2 heteroatoms. The Morgan fingerprint density at radius 1 is 1.10 bits per heavy atom. The first-order valence-corrected chi connectivity index (χ1v) is 7.58. The Labute approximate surface area is 126 Å². The predicted octanol–water partition coefficient (Wildman–Crippen LogP) is 4.29. The van der Waals surface area contributed by atoms with Crippen LogP contribution in [0.25, 0.3) is 0 Å². The average molecular weight is 276 g/mol. The van der Waals surface area contributed by atoms with Crippen molar-refractivity contribution in [2.24, 2.45) is 0 Å². The summed E-state index contributed by atoms with van der Waals surface area (Å²) in [4.78, 5) is 0. The molecule has 0 aromatic heterocycles. The smallest absolute Gasteiger partial charge is 0.0991 e. The Kier molecular flexibility index (Phi) is 4.03. The monoisotopic (exact) mass is 276 g/mol. The van der Waals surface area contributed by atoms with Crippen molar-refractivity contribution >= 4 is 0 Å². The first kappa shape index (κ1) is 13.9. The minimum absolute atomic E-state index is 0.279. The molecule has 1 N–H and O–H groups in total. The van der Waals surface area contributed by atoms with Crippen molar-refractivity contribution in [3.05, 3.63) is 70.8 Å². The van der Waals surface area contributed by atoms with Crippen LogP contribution in [0.1, 0.15) is 54.0 Å². The Morgan fingerprint density at radius 3 is 2.33 bits per heavy atom. The van der Waals surface area contributed by atoms with Crippen molar-refractivity contribution < 1.29 is 0 Å². The van der Waals surface area contributed by atoms with Gasteiger partial charge >= 0.3 is 0 Å². The molecule has 0 aliphatic heterocycles. The minimum Gasteiger partial charge on any atom is -0.306 e. The first-order chi connectivity index (χ1) is 10.3. The number of nitriles is 1. The Morgan fingerprint density at radius 2 is 1.76 bits per heavy atom. The molecule has 2 nitrogen and oxygen atoms in total. The summed E-state index contributed by atoms with van der Waals surface area (Å²) in [6, 6.07) is 19.2. The van der Waals surface area contributed by atoms with Crippen molar-refractivity contribution in [1.29, 1.82) is 5.26 Å². The van der Waals surface area contributed by atoms with Crippen molar-refractivity contribution in [1.82, 2.24) is 5.32 Å². The van der Waals surface area contributed by atoms with Crippen LogP contribution in [0.5, 0.6) is 0 Å². The molecule has 0 saturated heterocycles. The quantitative estimate of drug-likeness (QED) is 0.884. The largest absolute Gasteiger partial charge is 0.306 e. The maximum absolute atomic E-state index is 8.82. The molecule has 0 radical (unpaired) electrons. The zero-order valence-electron chi connectivity index (χ0n) is 12.3. The summed E-state index contributed by atoms with van der Waals surface area (Å²) in [5, 5.41) is 12.4. The molecule has 3 rings (SSSR count). The van der Waals surface area contributed by atoms with Gasteiger partial charge in [0.15, 0.2) is 0 Å². The molecule has 0 bridgehead atoms. The van der Waals surface area contributed by atoms with Gasteiger partial charge in [0.25, 0.3) is 0 Å². The summed E-state index contributed by atoms with van der Waals surface area (Å²) in [6.07, 6.45) is 2.71. The Bertz CT molecular complexity index is 631. The lowest BCUT2D eigenvalue weighted by molar-refractivity contribution is 0.574. The Hall–Kier alpha value is -2.11. The van der Waals surface area contributed by atoms with Gasteiger partial charge in [0.2, 0.25) is 0 Å². The van der Waals surface area contributed by atoms with Crippen LogP contribution in [0.15, 0.2) is 48.5 Å². The highest BCUT2D eigenvalue weighted by Gasteiger charge is 2.22. The van der Waals surface area contributed by atoms with Gasteiger partial charge in [0, 0.05) is 12.6 Å². The molecule has 0 spiro atoms. The lowest BCUT2D eigenvalue weighted by atomic mass is 10.1. The van der Waals surface area contributed by atoms with E-state index >= 15 is 0 Å². The van der Waals surface area contributed by atoms with Crippen LogP contribution in [0.3, 0.4) is 0 Å². The van der Waals surface area contributed by atoms with Crippen LogP contribution in [0, 0.1) is 11.3 Å². The van der Waals surface area contributed by atoms with Crippen LogP contribution in [0.4, 0.5) is 0 Å². The van der Waals surface area contributed by atoms with Crippen molar-refractivity contribution in [2.75, 3.05) is 0 Å². The van der Waals surface area contributed by atoms with E-state index in [1.54, 1.807) is 0 Å². The summed E-state index contributed by atoms with van der Waals surface area (Å²) >= 11 is 0. The fraction of sp³-hybridized carbons (Fsp3) is 0.316. The minimum atomic E-state index is 0.279. The van der Waals surface area contributed by atoms with E-state index in [9.17, 15) is 0 Å². The lowest BCUT2D eigenvalue weighted by Gasteiger charge is -2.14. The fourth-order valence-electron chi connectivity index (χ4n) is 2.56. The second kappa shape index (κ2) is 6.11. The summed E-state index contributed by atoms with van der Waals surface area (Å²) < 4.78 is 0. The zero-order chi connectivity index (χ0) is 14.7. The van der Waals surface area contributed by atoms with Gasteiger partial charge in [0.1, 0.15) is 0 Å². The second-order valence-corrected chi connectivity index (χ2v) is 5.85. The van der Waals surface area contributed by atoms with E-state index in [2.05, 4.69) is 42.6 Å². The van der Waals surface area contributed by atoms with Gasteiger partial charge in [-0.25, -0.2) is 0 Å². The van der Waals surface area contributed by atoms with Crippen LogP contribution >= 0.6 is 0 Å². The first-order valence-electron chi connectivity index (χ1n) is 7.58. The molecule has 1 unspecified atom stereocenters. The summed E-state index contributed by atoms with van der Waals surface area (Å²) in [5.74, 6) is 0.824. The van der Waals surface area contributed by atoms with Crippen LogP contribution in [-0.4, -0.2) is 0 Å². The number of rotatable bonds is 5. The van der Waals surface area contributed by atoms with Crippen molar-refractivity contribution in [3.63, 3.8) is 0 Å². The van der Waals surface area contributed by atoms with E-state index in [1.807, 2.05) is 24.3 Å². The molecule has 1 saturated carbocycles.